The molecule has 21 heavy (non-hydrogen) atoms. The Hall–Kier alpha value is -0.780. The van der Waals surface area contributed by atoms with E-state index in [1.807, 2.05) is 0 Å². The van der Waals surface area contributed by atoms with Gasteiger partial charge < -0.3 is 14.8 Å². The normalized spacial score (nSPS) is 10.7. The topological polar surface area (TPSA) is 73.3 Å². The van der Waals surface area contributed by atoms with Gasteiger partial charge in [-0.05, 0) is 25.7 Å². The molecule has 0 aliphatic rings. The van der Waals surface area contributed by atoms with E-state index < -0.39 is 0 Å². The predicted octanol–water partition coefficient (Wildman–Crippen LogP) is 2.08. The van der Waals surface area contributed by atoms with E-state index in [0.29, 0.717) is 0 Å². The second-order valence-corrected chi connectivity index (χ2v) is 5.04. The lowest BCUT2D eigenvalue weighted by molar-refractivity contribution is 0.117. The van der Waals surface area contributed by atoms with Gasteiger partial charge in [0.15, 0.2) is 0 Å². The number of aldehydes is 2. The number of nitrogens with one attached hydrogen (secondary N) is 1. The molecule has 0 spiro atoms. The largest absolute Gasteiger partial charge is 0.380 e. The zero-order valence-corrected chi connectivity index (χ0v) is 13.3. The third kappa shape index (κ3) is 19.2. The van der Waals surface area contributed by atoms with Gasteiger partial charge >= 0.3 is 0 Å². The Kier molecular flexibility index (Phi) is 18.5. The molecular formula is C16H33NO4+2. The van der Waals surface area contributed by atoms with Crippen molar-refractivity contribution in [1.82, 2.24) is 5.32 Å². The van der Waals surface area contributed by atoms with Gasteiger partial charge in [0, 0.05) is 26.3 Å². The summed E-state index contributed by atoms with van der Waals surface area (Å²) in [5.41, 5.74) is 0. The van der Waals surface area contributed by atoms with Crippen LogP contribution in [0.3, 0.4) is 0 Å². The summed E-state index contributed by atoms with van der Waals surface area (Å²) >= 11 is 0. The molecule has 0 aromatic carbocycles. The first-order valence-corrected chi connectivity index (χ1v) is 8.19. The molecule has 0 aromatic rings. The SMILES string of the molecule is [OH+]=CCCCCCOCCNCCOCCCCCC=[OH+]. The molecule has 0 radical (unpaired) electrons. The molecule has 124 valence electrons. The van der Waals surface area contributed by atoms with E-state index in [0.717, 1.165) is 90.9 Å². The molecule has 0 aromatic heterocycles. The summed E-state index contributed by atoms with van der Waals surface area (Å²) in [6.45, 7) is 4.80. The van der Waals surface area contributed by atoms with Crippen LogP contribution in [0.2, 0.25) is 0 Å². The van der Waals surface area contributed by atoms with Crippen molar-refractivity contribution in [2.75, 3.05) is 39.5 Å². The lowest BCUT2D eigenvalue weighted by atomic mass is 10.2. The smallest absolute Gasteiger partial charge is 0.281 e. The molecule has 0 heterocycles. The Labute approximate surface area is 128 Å². The Morgan fingerprint density at radius 2 is 1.10 bits per heavy atom. The minimum Gasteiger partial charge on any atom is -0.380 e. The van der Waals surface area contributed by atoms with Crippen molar-refractivity contribution >= 4 is 12.6 Å². The van der Waals surface area contributed by atoms with Crippen LogP contribution in [-0.4, -0.2) is 61.7 Å². The van der Waals surface area contributed by atoms with Crippen LogP contribution in [0, 0.1) is 0 Å². The molecule has 0 aliphatic carbocycles. The van der Waals surface area contributed by atoms with Gasteiger partial charge in [-0.15, -0.1) is 0 Å². The van der Waals surface area contributed by atoms with Crippen LogP contribution in [0.15, 0.2) is 0 Å². The van der Waals surface area contributed by atoms with Crippen molar-refractivity contribution in [2.45, 2.75) is 51.4 Å². The van der Waals surface area contributed by atoms with Gasteiger partial charge in [-0.1, -0.05) is 12.8 Å². The van der Waals surface area contributed by atoms with Crippen molar-refractivity contribution in [2.24, 2.45) is 0 Å². The number of hydrogen-bond donors (Lipinski definition) is 1. The van der Waals surface area contributed by atoms with Crippen molar-refractivity contribution < 1.29 is 19.1 Å². The number of carbonyl (C=O) groups excluding carboxylic acids is 2. The molecule has 0 aliphatic heterocycles. The maximum absolute atomic E-state index is 8.51. The maximum Gasteiger partial charge on any atom is 0.281 e. The average Bonchev–Trinajstić information content (AvgIpc) is 2.50. The minimum absolute atomic E-state index is 0.740. The second-order valence-electron chi connectivity index (χ2n) is 5.04. The molecule has 5 heteroatoms. The summed E-state index contributed by atoms with van der Waals surface area (Å²) in [5.74, 6) is 0. The molecular weight excluding hydrogens is 270 g/mol. The standard InChI is InChI=1S/C16H31NO4/c18-11-5-1-3-7-13-20-15-9-17-10-16-21-14-8-4-2-6-12-19/h11-12,17H,1-10,13-16H2/p+2. The maximum atomic E-state index is 8.51. The Bertz CT molecular complexity index is 202. The van der Waals surface area contributed by atoms with E-state index in [1.54, 1.807) is 0 Å². The zero-order valence-electron chi connectivity index (χ0n) is 13.3. The third-order valence-corrected chi connectivity index (χ3v) is 3.09. The van der Waals surface area contributed by atoms with Crippen molar-refractivity contribution in [3.05, 3.63) is 0 Å². The first kappa shape index (κ1) is 20.2. The Morgan fingerprint density at radius 3 is 1.52 bits per heavy atom. The first-order valence-electron chi connectivity index (χ1n) is 8.19. The molecule has 0 rings (SSSR count). The van der Waals surface area contributed by atoms with Crippen LogP contribution in [0.4, 0.5) is 0 Å². The quantitative estimate of drug-likeness (QED) is 0.239. The van der Waals surface area contributed by atoms with Crippen molar-refractivity contribution in [3.8, 4) is 0 Å². The van der Waals surface area contributed by atoms with E-state index in [4.69, 9.17) is 19.1 Å². The Morgan fingerprint density at radius 1 is 0.619 bits per heavy atom. The number of rotatable bonds is 18. The lowest BCUT2D eigenvalue weighted by Crippen LogP contribution is -2.24. The monoisotopic (exact) mass is 303 g/mol. The number of ether oxygens (including phenoxy) is 2. The third-order valence-electron chi connectivity index (χ3n) is 3.09. The van der Waals surface area contributed by atoms with Crippen LogP contribution in [0.25, 0.3) is 0 Å². The molecule has 0 saturated heterocycles. The lowest BCUT2D eigenvalue weighted by Gasteiger charge is -2.07. The molecule has 0 saturated carbocycles. The van der Waals surface area contributed by atoms with E-state index in [1.165, 1.54) is 12.6 Å². The highest BCUT2D eigenvalue weighted by Crippen LogP contribution is 1.98. The van der Waals surface area contributed by atoms with Gasteiger partial charge in [0.05, 0.1) is 26.1 Å². The molecule has 0 amide bonds. The second kappa shape index (κ2) is 19.2. The number of unbranched alkanes of at least 4 members (excludes halogenated alkanes) is 6. The van der Waals surface area contributed by atoms with Gasteiger partial charge in [0.2, 0.25) is 0 Å². The van der Waals surface area contributed by atoms with Crippen LogP contribution in [0.5, 0.6) is 0 Å². The van der Waals surface area contributed by atoms with Crippen molar-refractivity contribution in [1.29, 1.82) is 0 Å². The zero-order chi connectivity index (χ0) is 15.4. The molecule has 3 N–H and O–H groups in total. The summed E-state index contributed by atoms with van der Waals surface area (Å²) in [5, 5.41) is 3.28. The van der Waals surface area contributed by atoms with E-state index in [-0.39, 0.29) is 0 Å². The summed E-state index contributed by atoms with van der Waals surface area (Å²) in [6, 6.07) is 0. The molecule has 5 nitrogen and oxygen atoms in total. The molecule has 0 fully saturated rings. The average molecular weight is 303 g/mol. The molecule has 0 bridgehead atoms. The minimum atomic E-state index is 0.740. The highest BCUT2D eigenvalue weighted by Gasteiger charge is 1.94. The first-order chi connectivity index (χ1) is 10.4. The van der Waals surface area contributed by atoms with Crippen LogP contribution in [0.1, 0.15) is 51.4 Å². The summed E-state index contributed by atoms with van der Waals surface area (Å²) in [4.78, 5) is 17.0. The molecule has 0 atom stereocenters. The highest BCUT2D eigenvalue weighted by molar-refractivity contribution is 5.50. The fourth-order valence-corrected chi connectivity index (χ4v) is 1.85. The summed E-state index contributed by atoms with van der Waals surface area (Å²) < 4.78 is 11.0. The van der Waals surface area contributed by atoms with Gasteiger partial charge in [-0.2, -0.15) is 0 Å². The fourth-order valence-electron chi connectivity index (χ4n) is 1.85. The Balaban J connectivity index is 2.93. The summed E-state index contributed by atoms with van der Waals surface area (Å²) in [6.07, 6.45) is 10.4. The van der Waals surface area contributed by atoms with Crippen LogP contribution < -0.4 is 5.32 Å². The summed E-state index contributed by atoms with van der Waals surface area (Å²) in [7, 11) is 0. The number of hydrogen-bond acceptors (Lipinski definition) is 3. The van der Waals surface area contributed by atoms with Crippen LogP contribution >= 0.6 is 0 Å². The van der Waals surface area contributed by atoms with Crippen LogP contribution in [-0.2, 0) is 9.47 Å². The van der Waals surface area contributed by atoms with Gasteiger partial charge in [0.25, 0.3) is 12.6 Å². The van der Waals surface area contributed by atoms with E-state index >= 15 is 0 Å². The van der Waals surface area contributed by atoms with Gasteiger partial charge in [0.1, 0.15) is 0 Å². The molecule has 0 unspecified atom stereocenters. The van der Waals surface area contributed by atoms with Gasteiger partial charge in [-0.3, -0.25) is 9.59 Å². The van der Waals surface area contributed by atoms with Crippen molar-refractivity contribution in [3.63, 3.8) is 0 Å². The van der Waals surface area contributed by atoms with E-state index in [9.17, 15) is 0 Å². The van der Waals surface area contributed by atoms with E-state index in [2.05, 4.69) is 5.32 Å². The predicted molar refractivity (Wildman–Crippen MR) is 87.4 cm³/mol. The fraction of sp³-hybridized carbons (Fsp3) is 0.875. The highest BCUT2D eigenvalue weighted by atomic mass is 16.5. The van der Waals surface area contributed by atoms with Gasteiger partial charge in [-0.25, -0.2) is 0 Å².